The van der Waals surface area contributed by atoms with Crippen molar-refractivity contribution in [3.8, 4) is 34.3 Å². The topological polar surface area (TPSA) is 207 Å². The van der Waals surface area contributed by atoms with Crippen LogP contribution in [0, 0.1) is 0 Å². The molecule has 5 atom stereocenters. The van der Waals surface area contributed by atoms with Crippen molar-refractivity contribution in [2.75, 3.05) is 6.61 Å². The van der Waals surface area contributed by atoms with Crippen LogP contribution in [-0.2, 0) is 9.47 Å². The van der Waals surface area contributed by atoms with Crippen LogP contribution in [-0.4, -0.2) is 72.7 Å². The predicted octanol–water partition coefficient (Wildman–Crippen LogP) is 1.66. The number of phenolic OH excluding ortho intramolecular Hbond substituents is 4. The number of carbonyl (C=O) groups is 1. The van der Waals surface area contributed by atoms with Gasteiger partial charge in [-0.15, -0.1) is 0 Å². The number of aromatic hydroxyl groups is 4. The molecular formula is C28H24O12. The van der Waals surface area contributed by atoms with Gasteiger partial charge in [-0.1, -0.05) is 0 Å². The quantitative estimate of drug-likeness (QED) is 0.176. The molecule has 0 saturated carbocycles. The van der Waals surface area contributed by atoms with Crippen LogP contribution in [0.2, 0.25) is 0 Å². The zero-order valence-corrected chi connectivity index (χ0v) is 20.5. The lowest BCUT2D eigenvalue weighted by molar-refractivity contribution is -0.231. The van der Waals surface area contributed by atoms with E-state index in [4.69, 9.17) is 13.9 Å². The van der Waals surface area contributed by atoms with E-state index in [2.05, 4.69) is 0 Å². The predicted molar refractivity (Wildman–Crippen MR) is 137 cm³/mol. The molecule has 0 bridgehead atoms. The van der Waals surface area contributed by atoms with Crippen molar-refractivity contribution in [2.45, 2.75) is 30.5 Å². The summed E-state index contributed by atoms with van der Waals surface area (Å²) >= 11 is 0. The summed E-state index contributed by atoms with van der Waals surface area (Å²) < 4.78 is 17.2. The van der Waals surface area contributed by atoms with E-state index in [1.165, 1.54) is 48.5 Å². The molecule has 1 aliphatic heterocycles. The van der Waals surface area contributed by atoms with Crippen LogP contribution in [0.1, 0.15) is 22.0 Å². The summed E-state index contributed by atoms with van der Waals surface area (Å²) in [7, 11) is 0. The van der Waals surface area contributed by atoms with Crippen LogP contribution in [0.4, 0.5) is 0 Å². The fraction of sp³-hybridized carbons (Fsp3) is 0.214. The zero-order valence-electron chi connectivity index (χ0n) is 20.5. The standard InChI is InChI=1S/C28H24O12/c29-11-20-23(35)24(36)27(40-28(37)13-3-7-15(31)8-4-13)26(39-20)22-17(33)9-16(32)21-18(34)10-19(38-25(21)22)12-1-5-14(30)6-2-12/h1-10,20,23-24,26-27,29-33,35-36H,11H2/t20-,23-,24+,26+,27-/m1/s1. The molecule has 1 aliphatic rings. The summed E-state index contributed by atoms with van der Waals surface area (Å²) in [6, 6.07) is 12.6. The maximum Gasteiger partial charge on any atom is 0.338 e. The first-order chi connectivity index (χ1) is 19.1. The molecule has 0 amide bonds. The Labute approximate surface area is 225 Å². The molecule has 40 heavy (non-hydrogen) atoms. The maximum absolute atomic E-state index is 13.1. The minimum Gasteiger partial charge on any atom is -0.508 e. The van der Waals surface area contributed by atoms with E-state index in [9.17, 15) is 45.3 Å². The average Bonchev–Trinajstić information content (AvgIpc) is 2.92. The van der Waals surface area contributed by atoms with Crippen molar-refractivity contribution < 1.29 is 54.4 Å². The molecule has 3 aromatic carbocycles. The van der Waals surface area contributed by atoms with Crippen molar-refractivity contribution in [3.63, 3.8) is 0 Å². The molecule has 12 nitrogen and oxygen atoms in total. The largest absolute Gasteiger partial charge is 0.508 e. The van der Waals surface area contributed by atoms with Gasteiger partial charge in [0.25, 0.3) is 0 Å². The van der Waals surface area contributed by atoms with E-state index >= 15 is 0 Å². The van der Waals surface area contributed by atoms with Crippen LogP contribution in [0.5, 0.6) is 23.0 Å². The van der Waals surface area contributed by atoms with Crippen molar-refractivity contribution in [1.29, 1.82) is 0 Å². The van der Waals surface area contributed by atoms with Gasteiger partial charge in [0.1, 0.15) is 58.6 Å². The average molecular weight is 552 g/mol. The van der Waals surface area contributed by atoms with E-state index < -0.39 is 60.0 Å². The molecule has 7 N–H and O–H groups in total. The first-order valence-corrected chi connectivity index (χ1v) is 12.0. The lowest BCUT2D eigenvalue weighted by Crippen LogP contribution is -2.56. The van der Waals surface area contributed by atoms with Gasteiger partial charge in [0.15, 0.2) is 17.1 Å². The highest BCUT2D eigenvalue weighted by Crippen LogP contribution is 2.44. The third-order valence-corrected chi connectivity index (χ3v) is 6.65. The van der Waals surface area contributed by atoms with Gasteiger partial charge in [0, 0.05) is 17.7 Å². The number of carbonyl (C=O) groups excluding carboxylic acids is 1. The zero-order chi connectivity index (χ0) is 28.7. The van der Waals surface area contributed by atoms with Gasteiger partial charge in [0.05, 0.1) is 17.7 Å². The van der Waals surface area contributed by atoms with Crippen molar-refractivity contribution in [2.24, 2.45) is 0 Å². The number of rotatable bonds is 5. The lowest BCUT2D eigenvalue weighted by Gasteiger charge is -2.42. The molecular weight excluding hydrogens is 528 g/mol. The fourth-order valence-corrected chi connectivity index (χ4v) is 4.61. The molecule has 0 aliphatic carbocycles. The second-order valence-corrected chi connectivity index (χ2v) is 9.23. The van der Waals surface area contributed by atoms with Gasteiger partial charge >= 0.3 is 5.97 Å². The number of aliphatic hydroxyl groups excluding tert-OH is 3. The molecule has 1 fully saturated rings. The van der Waals surface area contributed by atoms with E-state index in [0.717, 1.165) is 12.1 Å². The second-order valence-electron chi connectivity index (χ2n) is 9.23. The van der Waals surface area contributed by atoms with Gasteiger partial charge in [0.2, 0.25) is 0 Å². The summed E-state index contributed by atoms with van der Waals surface area (Å²) in [5, 5.41) is 71.4. The number of phenols is 4. The molecule has 5 rings (SSSR count). The Bertz CT molecular complexity index is 1610. The Morgan fingerprint density at radius 3 is 2.10 bits per heavy atom. The number of hydrogen-bond acceptors (Lipinski definition) is 12. The second kappa shape index (κ2) is 10.5. The summed E-state index contributed by atoms with van der Waals surface area (Å²) in [5.74, 6) is -2.45. The minimum atomic E-state index is -1.84. The van der Waals surface area contributed by atoms with Crippen molar-refractivity contribution in [1.82, 2.24) is 0 Å². The Morgan fingerprint density at radius 2 is 1.48 bits per heavy atom. The Kier molecular flexibility index (Phi) is 7.08. The first-order valence-electron chi connectivity index (χ1n) is 12.0. The van der Waals surface area contributed by atoms with Crippen LogP contribution in [0.3, 0.4) is 0 Å². The van der Waals surface area contributed by atoms with Crippen molar-refractivity contribution >= 4 is 16.9 Å². The highest BCUT2D eigenvalue weighted by atomic mass is 16.6. The number of fused-ring (bicyclic) bond motifs is 1. The summed E-state index contributed by atoms with van der Waals surface area (Å²) in [6.07, 6.45) is -8.28. The molecule has 4 aromatic rings. The van der Waals surface area contributed by atoms with Crippen LogP contribution in [0.15, 0.2) is 69.9 Å². The maximum atomic E-state index is 13.1. The minimum absolute atomic E-state index is 0.0171. The number of hydrogen-bond donors (Lipinski definition) is 7. The Morgan fingerprint density at radius 1 is 0.850 bits per heavy atom. The third-order valence-electron chi connectivity index (χ3n) is 6.65. The summed E-state index contributed by atoms with van der Waals surface area (Å²) in [5.41, 5.74) is -1.06. The van der Waals surface area contributed by atoms with Gasteiger partial charge in [-0.05, 0) is 48.5 Å². The Hall–Kier alpha value is -4.62. The molecule has 0 unspecified atom stereocenters. The number of benzene rings is 3. The van der Waals surface area contributed by atoms with E-state index in [-0.39, 0.29) is 39.4 Å². The first kappa shape index (κ1) is 27.0. The fourth-order valence-electron chi connectivity index (χ4n) is 4.61. The summed E-state index contributed by atoms with van der Waals surface area (Å²) in [6.45, 7) is -0.771. The Balaban J connectivity index is 1.68. The lowest BCUT2D eigenvalue weighted by atomic mass is 9.89. The third kappa shape index (κ3) is 4.80. The molecule has 1 saturated heterocycles. The number of aliphatic hydroxyl groups is 3. The number of ether oxygens (including phenoxy) is 2. The highest BCUT2D eigenvalue weighted by molar-refractivity contribution is 5.91. The van der Waals surface area contributed by atoms with Gasteiger partial charge in [-0.2, -0.15) is 0 Å². The normalized spacial score (nSPS) is 22.7. The van der Waals surface area contributed by atoms with Crippen LogP contribution < -0.4 is 5.43 Å². The highest BCUT2D eigenvalue weighted by Gasteiger charge is 2.49. The molecule has 0 spiro atoms. The molecule has 1 aromatic heterocycles. The molecule has 12 heteroatoms. The van der Waals surface area contributed by atoms with E-state index in [1.54, 1.807) is 0 Å². The number of esters is 1. The van der Waals surface area contributed by atoms with E-state index in [0.29, 0.717) is 5.56 Å². The van der Waals surface area contributed by atoms with Gasteiger partial charge in [-0.3, -0.25) is 4.79 Å². The van der Waals surface area contributed by atoms with Crippen LogP contribution in [0.25, 0.3) is 22.3 Å². The molecule has 0 radical (unpaired) electrons. The summed E-state index contributed by atoms with van der Waals surface area (Å²) in [4.78, 5) is 26.0. The molecule has 208 valence electrons. The van der Waals surface area contributed by atoms with E-state index in [1.807, 2.05) is 0 Å². The molecule has 2 heterocycles. The monoisotopic (exact) mass is 552 g/mol. The van der Waals surface area contributed by atoms with Crippen molar-refractivity contribution in [3.05, 3.63) is 82.0 Å². The smallest absolute Gasteiger partial charge is 0.338 e. The SMILES string of the molecule is O=C(O[C@@H]1[C@@H](O)[C@H](O)[C@@H](CO)O[C@H]1c1c(O)cc(O)c2c(=O)cc(-c3ccc(O)cc3)oc12)c1ccc(O)cc1. The van der Waals surface area contributed by atoms with Crippen LogP contribution >= 0.6 is 0 Å². The van der Waals surface area contributed by atoms with Gasteiger partial charge < -0.3 is 49.6 Å². The van der Waals surface area contributed by atoms with Gasteiger partial charge in [-0.25, -0.2) is 4.79 Å².